The number of hydrogen-bond donors (Lipinski definition) is 1. The highest BCUT2D eigenvalue weighted by Crippen LogP contribution is 2.21. The molecule has 122 valence electrons. The maximum absolute atomic E-state index is 12.0. The number of nitrogens with zero attached hydrogens (tertiary/aromatic N) is 1. The van der Waals surface area contributed by atoms with Gasteiger partial charge in [0.1, 0.15) is 11.5 Å². The number of nitrogens with one attached hydrogen (secondary N) is 1. The van der Waals surface area contributed by atoms with Gasteiger partial charge in [-0.3, -0.25) is 4.79 Å². The number of hydrogen-bond acceptors (Lipinski definition) is 5. The lowest BCUT2D eigenvalue weighted by atomic mass is 10.3. The lowest BCUT2D eigenvalue weighted by Crippen LogP contribution is -2.21. The molecule has 1 N–H and O–H groups in total. The number of carbonyl (C=O) groups excluding carboxylic acids is 1. The fourth-order valence-corrected chi connectivity index (χ4v) is 1.87. The molecule has 2 rings (SSSR count). The second-order valence-electron chi connectivity index (χ2n) is 4.52. The smallest absolute Gasteiger partial charge is 0.263 e. The van der Waals surface area contributed by atoms with Crippen molar-refractivity contribution in [3.05, 3.63) is 42.6 Å². The van der Waals surface area contributed by atoms with Crippen molar-refractivity contribution in [2.24, 2.45) is 0 Å². The molecular weight excluding hydrogens is 296 g/mol. The summed E-state index contributed by atoms with van der Waals surface area (Å²) in [4.78, 5) is 16.1. The number of pyridine rings is 1. The van der Waals surface area contributed by atoms with Crippen molar-refractivity contribution in [3.8, 4) is 17.2 Å². The Hall–Kier alpha value is -2.76. The quantitative estimate of drug-likeness (QED) is 0.811. The molecule has 1 heterocycles. The zero-order valence-electron chi connectivity index (χ0n) is 13.2. The molecule has 6 nitrogen and oxygen atoms in total. The summed E-state index contributed by atoms with van der Waals surface area (Å²) < 4.78 is 16.2. The normalized spacial score (nSPS) is 10.0. The topological polar surface area (TPSA) is 69.7 Å². The van der Waals surface area contributed by atoms with E-state index in [1.807, 2.05) is 13.8 Å². The first-order valence-corrected chi connectivity index (χ1v) is 7.46. The molecular formula is C17H20N2O4. The molecule has 0 aliphatic heterocycles. The van der Waals surface area contributed by atoms with Crippen LogP contribution < -0.4 is 19.5 Å². The minimum absolute atomic E-state index is 0.115. The van der Waals surface area contributed by atoms with Crippen LogP contribution in [-0.2, 0) is 4.79 Å². The van der Waals surface area contributed by atoms with Gasteiger partial charge < -0.3 is 19.5 Å². The fraction of sp³-hybridized carbons (Fsp3) is 0.294. The van der Waals surface area contributed by atoms with Crippen molar-refractivity contribution in [3.63, 3.8) is 0 Å². The summed E-state index contributed by atoms with van der Waals surface area (Å²) in [5, 5.41) is 2.67. The highest BCUT2D eigenvalue weighted by atomic mass is 16.5. The zero-order valence-corrected chi connectivity index (χ0v) is 13.2. The third-order valence-electron chi connectivity index (χ3n) is 2.83. The Morgan fingerprint density at radius 2 is 1.65 bits per heavy atom. The van der Waals surface area contributed by atoms with Gasteiger partial charge in [0.2, 0.25) is 0 Å². The zero-order chi connectivity index (χ0) is 16.5. The van der Waals surface area contributed by atoms with Gasteiger partial charge in [-0.05, 0) is 50.2 Å². The Morgan fingerprint density at radius 1 is 1.00 bits per heavy atom. The van der Waals surface area contributed by atoms with Gasteiger partial charge in [-0.2, -0.15) is 0 Å². The summed E-state index contributed by atoms with van der Waals surface area (Å²) in [6.07, 6.45) is 1.59. The maximum atomic E-state index is 12.0. The van der Waals surface area contributed by atoms with Crippen molar-refractivity contribution in [1.29, 1.82) is 0 Å². The predicted molar refractivity (Wildman–Crippen MR) is 87.1 cm³/mol. The van der Waals surface area contributed by atoms with Crippen molar-refractivity contribution >= 4 is 11.7 Å². The number of anilines is 1. The van der Waals surface area contributed by atoms with E-state index in [0.717, 1.165) is 5.75 Å². The molecule has 1 aromatic carbocycles. The molecule has 6 heteroatoms. The fourth-order valence-electron chi connectivity index (χ4n) is 1.87. The second-order valence-corrected chi connectivity index (χ2v) is 4.52. The van der Waals surface area contributed by atoms with Crippen molar-refractivity contribution in [1.82, 2.24) is 4.98 Å². The second kappa shape index (κ2) is 8.63. The average Bonchev–Trinajstić information content (AvgIpc) is 2.57. The molecule has 1 amide bonds. The van der Waals surface area contributed by atoms with E-state index in [4.69, 9.17) is 14.2 Å². The van der Waals surface area contributed by atoms with Gasteiger partial charge >= 0.3 is 0 Å². The first-order chi connectivity index (χ1) is 11.2. The highest BCUT2D eigenvalue weighted by molar-refractivity contribution is 5.92. The van der Waals surface area contributed by atoms with Gasteiger partial charge in [-0.1, -0.05) is 0 Å². The predicted octanol–water partition coefficient (Wildman–Crippen LogP) is 2.90. The summed E-state index contributed by atoms with van der Waals surface area (Å²) in [5.74, 6) is 1.96. The maximum Gasteiger partial charge on any atom is 0.263 e. The SMILES string of the molecule is CCOc1ccc(OCC(=O)Nc2ncccc2OCC)cc1. The molecule has 2 aromatic rings. The van der Waals surface area contributed by atoms with Crippen molar-refractivity contribution in [2.45, 2.75) is 13.8 Å². The molecule has 0 aliphatic rings. The number of rotatable bonds is 8. The number of benzene rings is 1. The Bertz CT molecular complexity index is 629. The van der Waals surface area contributed by atoms with Crippen LogP contribution in [0.2, 0.25) is 0 Å². The van der Waals surface area contributed by atoms with Gasteiger partial charge in [0, 0.05) is 6.20 Å². The van der Waals surface area contributed by atoms with Crippen LogP contribution in [0.1, 0.15) is 13.8 Å². The third kappa shape index (κ3) is 5.18. The number of amides is 1. The molecule has 0 aliphatic carbocycles. The van der Waals surface area contributed by atoms with Crippen molar-refractivity contribution in [2.75, 3.05) is 25.1 Å². The van der Waals surface area contributed by atoms with Crippen molar-refractivity contribution < 1.29 is 19.0 Å². The molecule has 0 saturated heterocycles. The lowest BCUT2D eigenvalue weighted by molar-refractivity contribution is -0.118. The van der Waals surface area contributed by atoms with Gasteiger partial charge in [0.15, 0.2) is 18.2 Å². The monoisotopic (exact) mass is 316 g/mol. The summed E-state index contributed by atoms with van der Waals surface area (Å²) in [7, 11) is 0. The first-order valence-electron chi connectivity index (χ1n) is 7.46. The van der Waals surface area contributed by atoms with E-state index in [1.165, 1.54) is 0 Å². The van der Waals surface area contributed by atoms with Crippen LogP contribution in [0, 0.1) is 0 Å². The summed E-state index contributed by atoms with van der Waals surface area (Å²) >= 11 is 0. The van der Waals surface area contributed by atoms with Crippen LogP contribution in [0.3, 0.4) is 0 Å². The molecule has 0 unspecified atom stereocenters. The molecule has 1 aromatic heterocycles. The van der Waals surface area contributed by atoms with Gasteiger partial charge in [0.25, 0.3) is 5.91 Å². The number of carbonyl (C=O) groups is 1. The molecule has 0 radical (unpaired) electrons. The van der Waals surface area contributed by atoms with E-state index in [-0.39, 0.29) is 12.5 Å². The van der Waals surface area contributed by atoms with Crippen LogP contribution in [-0.4, -0.2) is 30.7 Å². The van der Waals surface area contributed by atoms with E-state index in [9.17, 15) is 4.79 Å². The van der Waals surface area contributed by atoms with Crippen LogP contribution in [0.15, 0.2) is 42.6 Å². The average molecular weight is 316 g/mol. The first kappa shape index (κ1) is 16.6. The molecule has 0 fully saturated rings. The Labute approximate surface area is 135 Å². The molecule has 23 heavy (non-hydrogen) atoms. The number of ether oxygens (including phenoxy) is 3. The van der Waals surface area contributed by atoms with Crippen LogP contribution in [0.5, 0.6) is 17.2 Å². The lowest BCUT2D eigenvalue weighted by Gasteiger charge is -2.11. The Balaban J connectivity index is 1.87. The highest BCUT2D eigenvalue weighted by Gasteiger charge is 2.09. The van der Waals surface area contributed by atoms with E-state index >= 15 is 0 Å². The minimum atomic E-state index is -0.307. The van der Waals surface area contributed by atoms with E-state index < -0.39 is 0 Å². The summed E-state index contributed by atoms with van der Waals surface area (Å²) in [6, 6.07) is 10.6. The van der Waals surface area contributed by atoms with Gasteiger partial charge in [-0.25, -0.2) is 4.98 Å². The molecule has 0 saturated carbocycles. The van der Waals surface area contributed by atoms with Gasteiger partial charge in [0.05, 0.1) is 13.2 Å². The van der Waals surface area contributed by atoms with E-state index in [2.05, 4.69) is 10.3 Å². The largest absolute Gasteiger partial charge is 0.494 e. The molecule has 0 atom stereocenters. The Morgan fingerprint density at radius 3 is 2.30 bits per heavy atom. The standard InChI is InChI=1S/C17H20N2O4/c1-3-21-13-7-9-14(10-8-13)23-12-16(20)19-17-15(22-4-2)6-5-11-18-17/h5-11H,3-4,12H2,1-2H3,(H,18,19,20). The van der Waals surface area contributed by atoms with Crippen LogP contribution in [0.4, 0.5) is 5.82 Å². The third-order valence-corrected chi connectivity index (χ3v) is 2.83. The minimum Gasteiger partial charge on any atom is -0.494 e. The van der Waals surface area contributed by atoms with E-state index in [0.29, 0.717) is 30.5 Å². The van der Waals surface area contributed by atoms with Crippen LogP contribution in [0.25, 0.3) is 0 Å². The van der Waals surface area contributed by atoms with Crippen LogP contribution >= 0.6 is 0 Å². The molecule has 0 spiro atoms. The molecule has 0 bridgehead atoms. The van der Waals surface area contributed by atoms with Gasteiger partial charge in [-0.15, -0.1) is 0 Å². The summed E-state index contributed by atoms with van der Waals surface area (Å²) in [6.45, 7) is 4.78. The van der Waals surface area contributed by atoms with E-state index in [1.54, 1.807) is 42.6 Å². The number of aromatic nitrogens is 1. The Kier molecular flexibility index (Phi) is 6.23. The summed E-state index contributed by atoms with van der Waals surface area (Å²) in [5.41, 5.74) is 0.